The van der Waals surface area contributed by atoms with Gasteiger partial charge in [-0.05, 0) is 38.7 Å². The number of hydrogen-bond acceptors (Lipinski definition) is 4. The Hall–Kier alpha value is -3.35. The second-order valence-electron chi connectivity index (χ2n) is 7.71. The van der Waals surface area contributed by atoms with Gasteiger partial charge in [0.05, 0.1) is 11.8 Å². The second-order valence-corrected chi connectivity index (χ2v) is 7.71. The van der Waals surface area contributed by atoms with E-state index in [0.717, 1.165) is 18.4 Å². The molecule has 0 unspecified atom stereocenters. The Morgan fingerprint density at radius 3 is 2.80 bits per heavy atom. The van der Waals surface area contributed by atoms with Gasteiger partial charge in [0.1, 0.15) is 11.3 Å². The number of amides is 1. The van der Waals surface area contributed by atoms with Gasteiger partial charge in [-0.15, -0.1) is 0 Å². The fourth-order valence-corrected chi connectivity index (χ4v) is 3.82. The van der Waals surface area contributed by atoms with Gasteiger partial charge in [0.25, 0.3) is 5.56 Å². The van der Waals surface area contributed by atoms with Crippen LogP contribution in [0.1, 0.15) is 37.6 Å². The summed E-state index contributed by atoms with van der Waals surface area (Å²) in [6.07, 6.45) is 4.33. The van der Waals surface area contributed by atoms with E-state index in [-0.39, 0.29) is 17.5 Å². The molecule has 0 fully saturated rings. The third kappa shape index (κ3) is 4.15. The topological polar surface area (TPSA) is 81.5 Å². The van der Waals surface area contributed by atoms with Gasteiger partial charge in [-0.3, -0.25) is 14.0 Å². The van der Waals surface area contributed by atoms with Crippen LogP contribution in [0.15, 0.2) is 57.9 Å². The molecule has 1 N–H and O–H groups in total. The molecule has 0 aliphatic rings. The molecule has 3 aromatic heterocycles. The molecule has 0 saturated carbocycles. The lowest BCUT2D eigenvalue weighted by Crippen LogP contribution is -2.33. The van der Waals surface area contributed by atoms with Gasteiger partial charge < -0.3 is 9.73 Å². The number of hydrogen-bond donors (Lipinski definition) is 1. The molecular weight excluding hydrogens is 380 g/mol. The molecule has 0 aliphatic carbocycles. The third-order valence-electron chi connectivity index (χ3n) is 5.36. The molecular formula is C23H26N4O3. The number of aromatic nitrogens is 3. The van der Waals surface area contributed by atoms with Crippen molar-refractivity contribution in [2.24, 2.45) is 0 Å². The zero-order valence-electron chi connectivity index (χ0n) is 17.3. The Balaban J connectivity index is 1.31. The first kappa shape index (κ1) is 19.9. The summed E-state index contributed by atoms with van der Waals surface area (Å²) in [5, 5.41) is 7.46. The summed E-state index contributed by atoms with van der Waals surface area (Å²) in [6.45, 7) is 4.28. The number of carbonyl (C=O) groups is 1. The van der Waals surface area contributed by atoms with Crippen LogP contribution in [0.25, 0.3) is 16.6 Å². The van der Waals surface area contributed by atoms with Crippen molar-refractivity contribution in [1.29, 1.82) is 0 Å². The maximum Gasteiger partial charge on any atom is 0.291 e. The van der Waals surface area contributed by atoms with Crippen molar-refractivity contribution < 1.29 is 9.21 Å². The van der Waals surface area contributed by atoms with Crippen molar-refractivity contribution in [1.82, 2.24) is 19.5 Å². The summed E-state index contributed by atoms with van der Waals surface area (Å²) >= 11 is 0. The number of aryl methyl sites for hydroxylation is 3. The summed E-state index contributed by atoms with van der Waals surface area (Å²) in [5.74, 6) is 0.710. The Labute approximate surface area is 174 Å². The molecule has 4 aromatic rings. The van der Waals surface area contributed by atoms with Crippen LogP contribution in [-0.2, 0) is 17.8 Å². The van der Waals surface area contributed by atoms with Crippen LogP contribution in [0.3, 0.4) is 0 Å². The maximum absolute atomic E-state index is 12.8. The Morgan fingerprint density at radius 1 is 1.20 bits per heavy atom. The van der Waals surface area contributed by atoms with Crippen molar-refractivity contribution in [2.75, 3.05) is 0 Å². The highest BCUT2D eigenvalue weighted by molar-refractivity contribution is 5.82. The fourth-order valence-electron chi connectivity index (χ4n) is 3.82. The van der Waals surface area contributed by atoms with E-state index in [1.807, 2.05) is 38.1 Å². The van der Waals surface area contributed by atoms with Gasteiger partial charge in [-0.1, -0.05) is 30.3 Å². The van der Waals surface area contributed by atoms with Crippen molar-refractivity contribution in [3.05, 3.63) is 70.5 Å². The molecule has 0 spiro atoms. The predicted octanol–water partition coefficient (Wildman–Crippen LogP) is 3.47. The van der Waals surface area contributed by atoms with Gasteiger partial charge >= 0.3 is 0 Å². The Morgan fingerprint density at radius 2 is 2.00 bits per heavy atom. The molecule has 3 heterocycles. The molecule has 156 valence electrons. The van der Waals surface area contributed by atoms with Crippen molar-refractivity contribution >= 4 is 22.5 Å². The molecule has 7 nitrogen and oxygen atoms in total. The van der Waals surface area contributed by atoms with Gasteiger partial charge in [0.15, 0.2) is 5.58 Å². The number of nitrogens with zero attached hydrogens (tertiary/aromatic N) is 3. The Kier molecular flexibility index (Phi) is 5.70. The fraction of sp³-hybridized carbons (Fsp3) is 0.348. The van der Waals surface area contributed by atoms with E-state index in [0.29, 0.717) is 36.3 Å². The molecule has 1 aromatic carbocycles. The molecule has 7 heteroatoms. The lowest BCUT2D eigenvalue weighted by atomic mass is 10.1. The molecule has 1 amide bonds. The third-order valence-corrected chi connectivity index (χ3v) is 5.36. The van der Waals surface area contributed by atoms with Crippen LogP contribution in [0.4, 0.5) is 0 Å². The van der Waals surface area contributed by atoms with E-state index < -0.39 is 0 Å². The SMILES string of the molecule is Cc1nn(CCCC(=O)N[C@H](C)CCc2ccccc2)c(=O)c2cc3occc3n12. The van der Waals surface area contributed by atoms with E-state index in [9.17, 15) is 9.59 Å². The van der Waals surface area contributed by atoms with Crippen LogP contribution >= 0.6 is 0 Å². The quantitative estimate of drug-likeness (QED) is 0.486. The van der Waals surface area contributed by atoms with E-state index in [4.69, 9.17) is 4.42 Å². The minimum atomic E-state index is -0.177. The normalized spacial score (nSPS) is 12.5. The number of rotatable bonds is 8. The highest BCUT2D eigenvalue weighted by Gasteiger charge is 2.14. The van der Waals surface area contributed by atoms with Gasteiger partial charge in [-0.2, -0.15) is 5.10 Å². The van der Waals surface area contributed by atoms with Gasteiger partial charge in [0, 0.05) is 31.1 Å². The number of nitrogens with one attached hydrogen (secondary N) is 1. The first-order valence-electron chi connectivity index (χ1n) is 10.3. The summed E-state index contributed by atoms with van der Waals surface area (Å²) in [5.41, 5.74) is 3.13. The largest absolute Gasteiger partial charge is 0.463 e. The van der Waals surface area contributed by atoms with Crippen LogP contribution in [0.2, 0.25) is 0 Å². The molecule has 0 aliphatic heterocycles. The first-order chi connectivity index (χ1) is 14.5. The average molecular weight is 406 g/mol. The molecule has 0 saturated heterocycles. The van der Waals surface area contributed by atoms with Crippen LogP contribution < -0.4 is 10.9 Å². The highest BCUT2D eigenvalue weighted by atomic mass is 16.3. The Bertz CT molecular complexity index is 1220. The zero-order chi connectivity index (χ0) is 21.1. The smallest absolute Gasteiger partial charge is 0.291 e. The summed E-state index contributed by atoms with van der Waals surface area (Å²) < 4.78 is 8.65. The van der Waals surface area contributed by atoms with Crippen LogP contribution in [-0.4, -0.2) is 26.1 Å². The number of furan rings is 1. The van der Waals surface area contributed by atoms with E-state index >= 15 is 0 Å². The average Bonchev–Trinajstić information content (AvgIpc) is 3.32. The van der Waals surface area contributed by atoms with Crippen LogP contribution in [0, 0.1) is 6.92 Å². The van der Waals surface area contributed by atoms with E-state index in [2.05, 4.69) is 22.5 Å². The first-order valence-corrected chi connectivity index (χ1v) is 10.3. The monoisotopic (exact) mass is 406 g/mol. The van der Waals surface area contributed by atoms with Crippen LogP contribution in [0.5, 0.6) is 0 Å². The van der Waals surface area contributed by atoms with Crippen molar-refractivity contribution in [2.45, 2.75) is 52.1 Å². The molecule has 0 bridgehead atoms. The standard InChI is InChI=1S/C23H26N4O3/c1-16(10-11-18-7-4-3-5-8-18)24-22(28)9-6-13-26-23(29)20-15-21-19(12-14-30-21)27(20)17(2)25-26/h3-5,7-8,12,14-16H,6,9-11,13H2,1-2H3,(H,24,28)/t16-/m1/s1. The van der Waals surface area contributed by atoms with Crippen molar-refractivity contribution in [3.63, 3.8) is 0 Å². The maximum atomic E-state index is 12.8. The number of fused-ring (bicyclic) bond motifs is 3. The van der Waals surface area contributed by atoms with Gasteiger partial charge in [-0.25, -0.2) is 4.68 Å². The van der Waals surface area contributed by atoms with E-state index in [1.54, 1.807) is 16.7 Å². The number of benzene rings is 1. The van der Waals surface area contributed by atoms with Gasteiger partial charge in [0.2, 0.25) is 5.91 Å². The van der Waals surface area contributed by atoms with Crippen molar-refractivity contribution in [3.8, 4) is 0 Å². The minimum absolute atomic E-state index is 0.00149. The van der Waals surface area contributed by atoms with E-state index in [1.165, 1.54) is 10.2 Å². The predicted molar refractivity (Wildman–Crippen MR) is 116 cm³/mol. The minimum Gasteiger partial charge on any atom is -0.463 e. The molecule has 1 atom stereocenters. The summed E-state index contributed by atoms with van der Waals surface area (Å²) in [4.78, 5) is 25.0. The highest BCUT2D eigenvalue weighted by Crippen LogP contribution is 2.20. The zero-order valence-corrected chi connectivity index (χ0v) is 17.3. The number of carbonyl (C=O) groups excluding carboxylic acids is 1. The summed E-state index contributed by atoms with van der Waals surface area (Å²) in [7, 11) is 0. The lowest BCUT2D eigenvalue weighted by molar-refractivity contribution is -0.121. The molecule has 4 rings (SSSR count). The molecule has 0 radical (unpaired) electrons. The molecule has 30 heavy (non-hydrogen) atoms. The summed E-state index contributed by atoms with van der Waals surface area (Å²) in [6, 6.07) is 13.9. The second kappa shape index (κ2) is 8.57. The lowest BCUT2D eigenvalue weighted by Gasteiger charge is -2.14.